The largest absolute Gasteiger partial charge is 0.430 e. The zero-order chi connectivity index (χ0) is 24.3. The van der Waals surface area contributed by atoms with Gasteiger partial charge < -0.3 is 9.47 Å². The second kappa shape index (κ2) is 9.95. The summed E-state index contributed by atoms with van der Waals surface area (Å²) in [5, 5.41) is 0. The van der Waals surface area contributed by atoms with E-state index in [4.69, 9.17) is 9.47 Å². The van der Waals surface area contributed by atoms with E-state index in [1.165, 1.54) is 25.1 Å². The minimum atomic E-state index is -4.59. The second-order valence-electron chi connectivity index (χ2n) is 8.18. The van der Waals surface area contributed by atoms with Gasteiger partial charge in [-0.15, -0.1) is 0 Å². The lowest BCUT2D eigenvalue weighted by atomic mass is 10.0. The lowest BCUT2D eigenvalue weighted by Crippen LogP contribution is -2.46. The molecule has 1 aliphatic heterocycles. The Morgan fingerprint density at radius 3 is 2.44 bits per heavy atom. The molecule has 2 atom stereocenters. The second-order valence-corrected chi connectivity index (χ2v) is 8.18. The van der Waals surface area contributed by atoms with Crippen LogP contribution in [0.1, 0.15) is 38.7 Å². The number of esters is 1. The van der Waals surface area contributed by atoms with E-state index < -0.39 is 35.9 Å². The van der Waals surface area contributed by atoms with Crippen LogP contribution in [0.4, 0.5) is 17.6 Å². The van der Waals surface area contributed by atoms with Gasteiger partial charge in [0.05, 0.1) is 23.8 Å². The number of alkyl halides is 3. The third kappa shape index (κ3) is 5.63. The summed E-state index contributed by atoms with van der Waals surface area (Å²) in [6, 6.07) is 17.9. The van der Waals surface area contributed by atoms with E-state index in [2.05, 4.69) is 0 Å². The number of ether oxygens (including phenoxy) is 2. The Kier molecular flexibility index (Phi) is 7.00. The Bertz CT molecular complexity index is 1130. The Labute approximate surface area is 194 Å². The van der Waals surface area contributed by atoms with Crippen molar-refractivity contribution in [3.63, 3.8) is 0 Å². The molecule has 178 valence electrons. The number of benzene rings is 3. The van der Waals surface area contributed by atoms with Crippen LogP contribution in [-0.4, -0.2) is 30.3 Å². The highest BCUT2D eigenvalue weighted by Gasteiger charge is 2.37. The number of carbonyl (C=O) groups excluding carboxylic acids is 1. The highest BCUT2D eigenvalue weighted by atomic mass is 19.4. The summed E-state index contributed by atoms with van der Waals surface area (Å²) >= 11 is 0. The highest BCUT2D eigenvalue weighted by Crippen LogP contribution is 2.34. The summed E-state index contributed by atoms with van der Waals surface area (Å²) in [6.07, 6.45) is -5.68. The van der Waals surface area contributed by atoms with Crippen LogP contribution in [0.15, 0.2) is 72.8 Å². The summed E-state index contributed by atoms with van der Waals surface area (Å²) in [7, 11) is 0. The predicted octanol–water partition coefficient (Wildman–Crippen LogP) is 5.91. The van der Waals surface area contributed by atoms with Crippen LogP contribution in [0, 0.1) is 12.7 Å². The molecule has 0 aromatic heterocycles. The molecule has 0 amide bonds. The van der Waals surface area contributed by atoms with Crippen LogP contribution in [0.2, 0.25) is 0 Å². The Morgan fingerprint density at radius 2 is 1.76 bits per heavy atom. The number of halogens is 4. The standard InChI is InChI=1S/C26H23F4NO3/c1-17-13-20(15-21(14-17)26(28,29)30)24(32)34-25-23(19-7-9-22(27)10-8-19)31(11-12-33-25)16-18-5-3-2-4-6-18/h2-10,13-15,23,25H,11-12,16H2,1H3/t23-,25+/m0/s1. The van der Waals surface area contributed by atoms with Gasteiger partial charge in [-0.25, -0.2) is 9.18 Å². The van der Waals surface area contributed by atoms with E-state index in [-0.39, 0.29) is 17.7 Å². The summed E-state index contributed by atoms with van der Waals surface area (Å²) in [5.74, 6) is -1.34. The molecule has 0 N–H and O–H groups in total. The van der Waals surface area contributed by atoms with E-state index in [0.29, 0.717) is 18.7 Å². The van der Waals surface area contributed by atoms with Crippen LogP contribution < -0.4 is 0 Å². The molecule has 0 bridgehead atoms. The zero-order valence-electron chi connectivity index (χ0n) is 18.4. The molecule has 3 aromatic carbocycles. The van der Waals surface area contributed by atoms with Crippen molar-refractivity contribution in [3.8, 4) is 0 Å². The first kappa shape index (κ1) is 23.9. The third-order valence-electron chi connectivity index (χ3n) is 5.62. The van der Waals surface area contributed by atoms with Gasteiger partial charge in [0.15, 0.2) is 0 Å². The molecule has 34 heavy (non-hydrogen) atoms. The Balaban J connectivity index is 1.63. The molecule has 1 saturated heterocycles. The van der Waals surface area contributed by atoms with E-state index in [0.717, 1.165) is 17.7 Å². The normalized spacial score (nSPS) is 19.1. The van der Waals surface area contributed by atoms with Gasteiger partial charge in [-0.05, 0) is 53.9 Å². The molecule has 1 fully saturated rings. The van der Waals surface area contributed by atoms with Gasteiger partial charge in [0, 0.05) is 13.1 Å². The SMILES string of the molecule is Cc1cc(C(=O)O[C@H]2OCCN(Cc3ccccc3)[C@H]2c2ccc(F)cc2)cc(C(F)(F)F)c1. The van der Waals surface area contributed by atoms with Crippen LogP contribution in [0.5, 0.6) is 0 Å². The van der Waals surface area contributed by atoms with E-state index in [9.17, 15) is 22.4 Å². The number of hydrogen-bond donors (Lipinski definition) is 0. The van der Waals surface area contributed by atoms with E-state index in [1.807, 2.05) is 35.2 Å². The summed E-state index contributed by atoms with van der Waals surface area (Å²) in [4.78, 5) is 14.9. The molecule has 0 unspecified atom stereocenters. The van der Waals surface area contributed by atoms with Crippen LogP contribution in [0.25, 0.3) is 0 Å². The smallest absolute Gasteiger partial charge is 0.416 e. The molecule has 1 heterocycles. The first-order chi connectivity index (χ1) is 16.2. The molecule has 4 rings (SSSR count). The molecule has 0 radical (unpaired) electrons. The van der Waals surface area contributed by atoms with Gasteiger partial charge in [-0.2, -0.15) is 13.2 Å². The maximum Gasteiger partial charge on any atom is 0.416 e. The van der Waals surface area contributed by atoms with E-state index in [1.54, 1.807) is 12.1 Å². The molecule has 3 aromatic rings. The average Bonchev–Trinajstić information content (AvgIpc) is 2.80. The van der Waals surface area contributed by atoms with Crippen molar-refractivity contribution in [1.82, 2.24) is 4.90 Å². The molecular weight excluding hydrogens is 450 g/mol. The summed E-state index contributed by atoms with van der Waals surface area (Å²) in [6.45, 7) is 2.77. The number of aryl methyl sites for hydroxylation is 1. The zero-order valence-corrected chi connectivity index (χ0v) is 18.4. The predicted molar refractivity (Wildman–Crippen MR) is 117 cm³/mol. The topological polar surface area (TPSA) is 38.8 Å². The number of nitrogens with zero attached hydrogens (tertiary/aromatic N) is 1. The first-order valence-corrected chi connectivity index (χ1v) is 10.8. The monoisotopic (exact) mass is 473 g/mol. The first-order valence-electron chi connectivity index (χ1n) is 10.8. The van der Waals surface area contributed by atoms with Crippen molar-refractivity contribution < 1.29 is 31.8 Å². The van der Waals surface area contributed by atoms with Gasteiger partial charge in [0.2, 0.25) is 6.29 Å². The summed E-state index contributed by atoms with van der Waals surface area (Å²) in [5.41, 5.74) is 0.830. The minimum absolute atomic E-state index is 0.214. The number of morpholine rings is 1. The molecule has 0 spiro atoms. The lowest BCUT2D eigenvalue weighted by Gasteiger charge is -2.40. The summed E-state index contributed by atoms with van der Waals surface area (Å²) < 4.78 is 64.6. The van der Waals surface area contributed by atoms with Crippen molar-refractivity contribution in [3.05, 3.63) is 106 Å². The van der Waals surface area contributed by atoms with Gasteiger partial charge >= 0.3 is 12.1 Å². The fraction of sp³-hybridized carbons (Fsp3) is 0.269. The third-order valence-corrected chi connectivity index (χ3v) is 5.62. The quantitative estimate of drug-likeness (QED) is 0.341. The van der Waals surface area contributed by atoms with Crippen LogP contribution in [0.3, 0.4) is 0 Å². The van der Waals surface area contributed by atoms with E-state index >= 15 is 0 Å². The molecule has 0 saturated carbocycles. The number of hydrogen-bond acceptors (Lipinski definition) is 4. The van der Waals surface area contributed by atoms with Crippen molar-refractivity contribution >= 4 is 5.97 Å². The number of carbonyl (C=O) groups is 1. The maximum absolute atomic E-state index is 13.6. The lowest BCUT2D eigenvalue weighted by molar-refractivity contribution is -0.186. The molecule has 0 aliphatic carbocycles. The maximum atomic E-state index is 13.6. The fourth-order valence-corrected chi connectivity index (χ4v) is 4.05. The minimum Gasteiger partial charge on any atom is -0.430 e. The van der Waals surface area contributed by atoms with Crippen LogP contribution >= 0.6 is 0 Å². The van der Waals surface area contributed by atoms with Gasteiger partial charge in [-0.1, -0.05) is 42.5 Å². The molecular formula is C26H23F4NO3. The van der Waals surface area contributed by atoms with Crippen LogP contribution in [-0.2, 0) is 22.2 Å². The Morgan fingerprint density at radius 1 is 1.06 bits per heavy atom. The fourth-order valence-electron chi connectivity index (χ4n) is 4.05. The van der Waals surface area contributed by atoms with Gasteiger partial charge in [-0.3, -0.25) is 4.90 Å². The highest BCUT2D eigenvalue weighted by molar-refractivity contribution is 5.90. The molecule has 1 aliphatic rings. The average molecular weight is 473 g/mol. The van der Waals surface area contributed by atoms with Crippen molar-refractivity contribution in [1.29, 1.82) is 0 Å². The number of rotatable bonds is 5. The van der Waals surface area contributed by atoms with Crippen molar-refractivity contribution in [2.24, 2.45) is 0 Å². The molecule has 8 heteroatoms. The van der Waals surface area contributed by atoms with Gasteiger partial charge in [0.1, 0.15) is 5.82 Å². The van der Waals surface area contributed by atoms with Crippen molar-refractivity contribution in [2.75, 3.05) is 13.2 Å². The molecule has 4 nitrogen and oxygen atoms in total. The van der Waals surface area contributed by atoms with Crippen molar-refractivity contribution in [2.45, 2.75) is 32.0 Å². The van der Waals surface area contributed by atoms with Gasteiger partial charge in [0.25, 0.3) is 0 Å². The Hall–Kier alpha value is -3.23.